The fourth-order valence-corrected chi connectivity index (χ4v) is 4.39. The Labute approximate surface area is 132 Å². The highest BCUT2D eigenvalue weighted by Gasteiger charge is 2.22. The van der Waals surface area contributed by atoms with Gasteiger partial charge in [-0.2, -0.15) is 0 Å². The standard InChI is InChI=1S/C17H14N2S2/c1-2-7-16-14(6-1)15(11-21-16)19-13-5-3-4-12(10-13)17-18-8-9-20-17/h1-10,15,19H,11H2. The molecule has 4 heteroatoms. The van der Waals surface area contributed by atoms with Crippen LogP contribution in [0.1, 0.15) is 11.6 Å². The number of rotatable bonds is 3. The van der Waals surface area contributed by atoms with Gasteiger partial charge in [0.25, 0.3) is 0 Å². The van der Waals surface area contributed by atoms with Gasteiger partial charge in [-0.1, -0.05) is 30.3 Å². The second-order valence-corrected chi connectivity index (χ2v) is 6.92. The van der Waals surface area contributed by atoms with E-state index in [0.29, 0.717) is 6.04 Å². The number of hydrogen-bond acceptors (Lipinski definition) is 4. The molecule has 1 aromatic heterocycles. The molecule has 0 saturated heterocycles. The molecule has 21 heavy (non-hydrogen) atoms. The zero-order valence-electron chi connectivity index (χ0n) is 11.3. The van der Waals surface area contributed by atoms with Gasteiger partial charge in [0.05, 0.1) is 6.04 Å². The highest BCUT2D eigenvalue weighted by molar-refractivity contribution is 7.99. The van der Waals surface area contributed by atoms with Gasteiger partial charge in [0, 0.05) is 33.5 Å². The van der Waals surface area contributed by atoms with E-state index in [0.717, 1.165) is 16.4 Å². The Morgan fingerprint density at radius 3 is 2.95 bits per heavy atom. The van der Waals surface area contributed by atoms with E-state index >= 15 is 0 Å². The molecule has 3 aromatic rings. The number of anilines is 1. The molecule has 1 atom stereocenters. The van der Waals surface area contributed by atoms with E-state index in [1.165, 1.54) is 16.0 Å². The van der Waals surface area contributed by atoms with Crippen LogP contribution in [0.5, 0.6) is 0 Å². The summed E-state index contributed by atoms with van der Waals surface area (Å²) in [5, 5.41) is 6.74. The van der Waals surface area contributed by atoms with Crippen LogP contribution in [0.3, 0.4) is 0 Å². The molecule has 0 amide bonds. The molecule has 2 heterocycles. The average molecular weight is 310 g/mol. The third-order valence-electron chi connectivity index (χ3n) is 3.58. The van der Waals surface area contributed by atoms with Crippen molar-refractivity contribution < 1.29 is 0 Å². The van der Waals surface area contributed by atoms with Crippen LogP contribution in [0.4, 0.5) is 5.69 Å². The van der Waals surface area contributed by atoms with E-state index in [2.05, 4.69) is 58.8 Å². The zero-order chi connectivity index (χ0) is 14.1. The Hall–Kier alpha value is -1.78. The summed E-state index contributed by atoms with van der Waals surface area (Å²) in [6.45, 7) is 0. The maximum absolute atomic E-state index is 4.38. The Kier molecular flexibility index (Phi) is 3.41. The Bertz CT molecular complexity index is 753. The highest BCUT2D eigenvalue weighted by Crippen LogP contribution is 2.39. The SMILES string of the molecule is c1cc(NC2CSc3ccccc32)cc(-c2nccs2)c1. The second-order valence-electron chi connectivity index (χ2n) is 4.96. The molecule has 0 radical (unpaired) electrons. The molecular formula is C17H14N2S2. The molecule has 0 aliphatic carbocycles. The molecule has 2 aromatic carbocycles. The molecule has 1 N–H and O–H groups in total. The first-order valence-electron chi connectivity index (χ1n) is 6.88. The second kappa shape index (κ2) is 5.54. The smallest absolute Gasteiger partial charge is 0.123 e. The summed E-state index contributed by atoms with van der Waals surface area (Å²) in [4.78, 5) is 5.78. The normalized spacial score (nSPS) is 16.7. The van der Waals surface area contributed by atoms with Gasteiger partial charge < -0.3 is 5.32 Å². The molecule has 0 bridgehead atoms. The van der Waals surface area contributed by atoms with Crippen molar-refractivity contribution in [1.29, 1.82) is 0 Å². The van der Waals surface area contributed by atoms with Crippen LogP contribution in [0.2, 0.25) is 0 Å². The number of thiazole rings is 1. The van der Waals surface area contributed by atoms with Gasteiger partial charge in [-0.15, -0.1) is 23.1 Å². The maximum Gasteiger partial charge on any atom is 0.123 e. The minimum Gasteiger partial charge on any atom is -0.377 e. The van der Waals surface area contributed by atoms with Crippen molar-refractivity contribution in [3.05, 3.63) is 65.7 Å². The summed E-state index contributed by atoms with van der Waals surface area (Å²) in [5.74, 6) is 1.08. The Morgan fingerprint density at radius 2 is 2.05 bits per heavy atom. The van der Waals surface area contributed by atoms with Gasteiger partial charge in [0.2, 0.25) is 0 Å². The van der Waals surface area contributed by atoms with Crippen molar-refractivity contribution in [1.82, 2.24) is 4.98 Å². The predicted molar refractivity (Wildman–Crippen MR) is 91.1 cm³/mol. The molecular weight excluding hydrogens is 296 g/mol. The Balaban J connectivity index is 1.60. The first-order chi connectivity index (χ1) is 10.4. The summed E-state index contributed by atoms with van der Waals surface area (Å²) < 4.78 is 0. The number of fused-ring (bicyclic) bond motifs is 1. The van der Waals surface area contributed by atoms with Gasteiger partial charge in [-0.05, 0) is 23.8 Å². The summed E-state index contributed by atoms with van der Waals surface area (Å²) in [7, 11) is 0. The third kappa shape index (κ3) is 2.57. The summed E-state index contributed by atoms with van der Waals surface area (Å²) >= 11 is 3.60. The lowest BCUT2D eigenvalue weighted by molar-refractivity contribution is 0.900. The highest BCUT2D eigenvalue weighted by atomic mass is 32.2. The van der Waals surface area contributed by atoms with Crippen molar-refractivity contribution in [3.63, 3.8) is 0 Å². The average Bonchev–Trinajstić information content (AvgIpc) is 3.18. The number of nitrogens with one attached hydrogen (secondary N) is 1. The molecule has 1 aliphatic rings. The largest absolute Gasteiger partial charge is 0.377 e. The molecule has 0 spiro atoms. The minimum atomic E-state index is 0.387. The minimum absolute atomic E-state index is 0.387. The third-order valence-corrected chi connectivity index (χ3v) is 5.59. The summed E-state index contributed by atoms with van der Waals surface area (Å²) in [5.41, 5.74) is 3.74. The van der Waals surface area contributed by atoms with E-state index in [9.17, 15) is 0 Å². The van der Waals surface area contributed by atoms with Crippen molar-refractivity contribution >= 4 is 28.8 Å². The maximum atomic E-state index is 4.38. The number of thioether (sulfide) groups is 1. The number of benzene rings is 2. The monoisotopic (exact) mass is 310 g/mol. The molecule has 0 saturated carbocycles. The summed E-state index contributed by atoms with van der Waals surface area (Å²) in [6.07, 6.45) is 1.85. The van der Waals surface area contributed by atoms with E-state index < -0.39 is 0 Å². The lowest BCUT2D eigenvalue weighted by Gasteiger charge is -2.15. The number of aromatic nitrogens is 1. The van der Waals surface area contributed by atoms with E-state index in [4.69, 9.17) is 0 Å². The van der Waals surface area contributed by atoms with Crippen LogP contribution in [0, 0.1) is 0 Å². The molecule has 1 unspecified atom stereocenters. The molecule has 4 rings (SSSR count). The number of nitrogens with zero attached hydrogens (tertiary/aromatic N) is 1. The van der Waals surface area contributed by atoms with Crippen LogP contribution in [-0.2, 0) is 0 Å². The van der Waals surface area contributed by atoms with Crippen molar-refractivity contribution in [2.45, 2.75) is 10.9 Å². The topological polar surface area (TPSA) is 24.9 Å². The van der Waals surface area contributed by atoms with Crippen LogP contribution in [0.15, 0.2) is 65.0 Å². The van der Waals surface area contributed by atoms with Crippen molar-refractivity contribution in [3.8, 4) is 10.6 Å². The predicted octanol–water partition coefficient (Wildman–Crippen LogP) is 5.07. The first kappa shape index (κ1) is 12.9. The molecule has 2 nitrogen and oxygen atoms in total. The van der Waals surface area contributed by atoms with Crippen molar-refractivity contribution in [2.75, 3.05) is 11.1 Å². The van der Waals surface area contributed by atoms with Gasteiger partial charge in [0.1, 0.15) is 5.01 Å². The lowest BCUT2D eigenvalue weighted by Crippen LogP contribution is -2.09. The quantitative estimate of drug-likeness (QED) is 0.731. The fourth-order valence-electron chi connectivity index (χ4n) is 2.59. The fraction of sp³-hybridized carbons (Fsp3) is 0.118. The molecule has 1 aliphatic heterocycles. The molecule has 0 fully saturated rings. The van der Waals surface area contributed by atoms with Crippen molar-refractivity contribution in [2.24, 2.45) is 0 Å². The lowest BCUT2D eigenvalue weighted by atomic mass is 10.1. The summed E-state index contributed by atoms with van der Waals surface area (Å²) in [6, 6.07) is 17.5. The van der Waals surface area contributed by atoms with E-state index in [1.54, 1.807) is 11.3 Å². The van der Waals surface area contributed by atoms with Crippen LogP contribution < -0.4 is 5.32 Å². The molecule has 104 valence electrons. The zero-order valence-corrected chi connectivity index (χ0v) is 13.0. The van der Waals surface area contributed by atoms with Gasteiger partial charge >= 0.3 is 0 Å². The first-order valence-corrected chi connectivity index (χ1v) is 8.75. The van der Waals surface area contributed by atoms with Gasteiger partial charge in [0.15, 0.2) is 0 Å². The van der Waals surface area contributed by atoms with Gasteiger partial charge in [-0.3, -0.25) is 0 Å². The van der Waals surface area contributed by atoms with Crippen LogP contribution in [0.25, 0.3) is 10.6 Å². The van der Waals surface area contributed by atoms with E-state index in [-0.39, 0.29) is 0 Å². The van der Waals surface area contributed by atoms with Crippen LogP contribution in [-0.4, -0.2) is 10.7 Å². The number of hydrogen-bond donors (Lipinski definition) is 1. The Morgan fingerprint density at radius 1 is 1.10 bits per heavy atom. The van der Waals surface area contributed by atoms with Gasteiger partial charge in [-0.25, -0.2) is 4.98 Å². The van der Waals surface area contributed by atoms with Crippen LogP contribution >= 0.6 is 23.1 Å². The van der Waals surface area contributed by atoms with E-state index in [1.807, 2.05) is 23.3 Å².